The second kappa shape index (κ2) is 5.42. The van der Waals surface area contributed by atoms with Crippen molar-refractivity contribution in [2.24, 2.45) is 0 Å². The van der Waals surface area contributed by atoms with Gasteiger partial charge in [-0.05, 0) is 13.0 Å². The quantitative estimate of drug-likeness (QED) is 0.614. The van der Waals surface area contributed by atoms with Crippen LogP contribution in [0.3, 0.4) is 0 Å². The topological polar surface area (TPSA) is 24.9 Å². The molecule has 1 heterocycles. The molecule has 0 saturated carbocycles. The van der Waals surface area contributed by atoms with Crippen LogP contribution in [-0.2, 0) is 12.0 Å². The number of nitrogens with zero attached hydrogens (tertiary/aromatic N) is 1. The van der Waals surface area contributed by atoms with E-state index < -0.39 is 0 Å². The standard InChI is InChI=1S/C12H20N2S/c1-5-6-7-13-8-10-9-15-11(14-10)12(2,3)4/h5,9,13H,1,6-8H2,2-4H3. The van der Waals surface area contributed by atoms with Gasteiger partial charge < -0.3 is 5.32 Å². The number of nitrogens with one attached hydrogen (secondary N) is 1. The van der Waals surface area contributed by atoms with E-state index in [0.717, 1.165) is 25.2 Å². The third-order valence-electron chi connectivity index (χ3n) is 2.02. The molecule has 0 fully saturated rings. The van der Waals surface area contributed by atoms with Crippen LogP contribution in [0, 0.1) is 0 Å². The fourth-order valence-electron chi connectivity index (χ4n) is 1.15. The van der Waals surface area contributed by atoms with Crippen LogP contribution in [0.2, 0.25) is 0 Å². The van der Waals surface area contributed by atoms with Crippen LogP contribution < -0.4 is 5.32 Å². The lowest BCUT2D eigenvalue weighted by atomic mass is 9.98. The van der Waals surface area contributed by atoms with Gasteiger partial charge in [0.2, 0.25) is 0 Å². The van der Waals surface area contributed by atoms with Crippen LogP contribution >= 0.6 is 11.3 Å². The van der Waals surface area contributed by atoms with E-state index in [2.05, 4.69) is 43.0 Å². The molecule has 0 bridgehead atoms. The van der Waals surface area contributed by atoms with Crippen molar-refractivity contribution in [3.63, 3.8) is 0 Å². The summed E-state index contributed by atoms with van der Waals surface area (Å²) in [6, 6.07) is 0. The normalized spacial score (nSPS) is 11.7. The van der Waals surface area contributed by atoms with Crippen LogP contribution in [0.5, 0.6) is 0 Å². The van der Waals surface area contributed by atoms with Gasteiger partial charge in [0, 0.05) is 17.3 Å². The molecule has 0 aliphatic carbocycles. The Morgan fingerprint density at radius 1 is 1.53 bits per heavy atom. The van der Waals surface area contributed by atoms with Gasteiger partial charge in [-0.1, -0.05) is 26.8 Å². The van der Waals surface area contributed by atoms with Gasteiger partial charge in [-0.25, -0.2) is 4.98 Å². The Labute approximate surface area is 96.4 Å². The Bertz CT molecular complexity index is 310. The highest BCUT2D eigenvalue weighted by atomic mass is 32.1. The molecule has 0 atom stereocenters. The maximum atomic E-state index is 4.61. The fraction of sp³-hybridized carbons (Fsp3) is 0.583. The molecule has 0 spiro atoms. The summed E-state index contributed by atoms with van der Waals surface area (Å²) in [6.45, 7) is 12.1. The Morgan fingerprint density at radius 2 is 2.27 bits per heavy atom. The molecule has 1 aromatic heterocycles. The lowest BCUT2D eigenvalue weighted by molar-refractivity contribution is 0.579. The van der Waals surface area contributed by atoms with Gasteiger partial charge in [-0.2, -0.15) is 0 Å². The van der Waals surface area contributed by atoms with Crippen molar-refractivity contribution in [3.8, 4) is 0 Å². The molecular weight excluding hydrogens is 204 g/mol. The fourth-order valence-corrected chi connectivity index (χ4v) is 2.06. The average Bonchev–Trinajstić information content (AvgIpc) is 2.60. The summed E-state index contributed by atoms with van der Waals surface area (Å²) in [6.07, 6.45) is 2.94. The van der Waals surface area contributed by atoms with Crippen molar-refractivity contribution < 1.29 is 0 Å². The van der Waals surface area contributed by atoms with Crippen molar-refractivity contribution in [1.29, 1.82) is 0 Å². The first-order chi connectivity index (χ1) is 7.04. The molecule has 15 heavy (non-hydrogen) atoms. The summed E-state index contributed by atoms with van der Waals surface area (Å²) in [4.78, 5) is 4.61. The first-order valence-corrected chi connectivity index (χ1v) is 6.18. The summed E-state index contributed by atoms with van der Waals surface area (Å²) in [7, 11) is 0. The van der Waals surface area contributed by atoms with Gasteiger partial charge in [0.25, 0.3) is 0 Å². The van der Waals surface area contributed by atoms with Crippen LogP contribution in [0.1, 0.15) is 37.9 Å². The third kappa shape index (κ3) is 4.14. The first-order valence-electron chi connectivity index (χ1n) is 5.30. The summed E-state index contributed by atoms with van der Waals surface area (Å²) >= 11 is 1.75. The molecule has 0 unspecified atom stereocenters. The first kappa shape index (κ1) is 12.4. The molecule has 0 aliphatic rings. The molecule has 2 nitrogen and oxygen atoms in total. The highest BCUT2D eigenvalue weighted by Crippen LogP contribution is 2.25. The van der Waals surface area contributed by atoms with Crippen LogP contribution in [0.4, 0.5) is 0 Å². The van der Waals surface area contributed by atoms with E-state index in [9.17, 15) is 0 Å². The number of thiazole rings is 1. The number of aromatic nitrogens is 1. The van der Waals surface area contributed by atoms with Gasteiger partial charge in [0.05, 0.1) is 10.7 Å². The minimum Gasteiger partial charge on any atom is -0.311 e. The number of rotatable bonds is 5. The van der Waals surface area contributed by atoms with Crippen molar-refractivity contribution in [2.45, 2.75) is 39.2 Å². The van der Waals surface area contributed by atoms with E-state index in [4.69, 9.17) is 0 Å². The second-order valence-corrected chi connectivity index (χ2v) is 5.51. The maximum Gasteiger partial charge on any atom is 0.0982 e. The second-order valence-electron chi connectivity index (χ2n) is 4.65. The van der Waals surface area contributed by atoms with Gasteiger partial charge in [-0.3, -0.25) is 0 Å². The van der Waals surface area contributed by atoms with E-state index in [1.54, 1.807) is 11.3 Å². The molecule has 1 aromatic rings. The Hall–Kier alpha value is -0.670. The van der Waals surface area contributed by atoms with E-state index in [0.29, 0.717) is 0 Å². The van der Waals surface area contributed by atoms with E-state index in [1.165, 1.54) is 5.01 Å². The van der Waals surface area contributed by atoms with Gasteiger partial charge in [-0.15, -0.1) is 17.9 Å². The Balaban J connectivity index is 2.43. The van der Waals surface area contributed by atoms with Crippen LogP contribution in [0.25, 0.3) is 0 Å². The average molecular weight is 224 g/mol. The van der Waals surface area contributed by atoms with Crippen LogP contribution in [-0.4, -0.2) is 11.5 Å². The van der Waals surface area contributed by atoms with Crippen molar-refractivity contribution >= 4 is 11.3 Å². The zero-order valence-corrected chi connectivity index (χ0v) is 10.7. The molecular formula is C12H20N2S. The minimum atomic E-state index is 0.171. The summed E-state index contributed by atoms with van der Waals surface area (Å²) in [5, 5.41) is 6.69. The zero-order valence-electron chi connectivity index (χ0n) is 9.84. The smallest absolute Gasteiger partial charge is 0.0982 e. The lowest BCUT2D eigenvalue weighted by Crippen LogP contribution is -2.15. The summed E-state index contributed by atoms with van der Waals surface area (Å²) in [5.41, 5.74) is 1.32. The van der Waals surface area contributed by atoms with Crippen LogP contribution in [0.15, 0.2) is 18.0 Å². The molecule has 3 heteroatoms. The molecule has 0 aromatic carbocycles. The Morgan fingerprint density at radius 3 is 2.80 bits per heavy atom. The molecule has 0 saturated heterocycles. The van der Waals surface area contributed by atoms with Gasteiger partial charge >= 0.3 is 0 Å². The SMILES string of the molecule is C=CCCNCc1csc(C(C)(C)C)n1. The highest BCUT2D eigenvalue weighted by molar-refractivity contribution is 7.09. The largest absolute Gasteiger partial charge is 0.311 e. The number of hydrogen-bond donors (Lipinski definition) is 1. The maximum absolute atomic E-state index is 4.61. The zero-order chi connectivity index (χ0) is 11.3. The number of hydrogen-bond acceptors (Lipinski definition) is 3. The van der Waals surface area contributed by atoms with Crippen molar-refractivity contribution in [2.75, 3.05) is 6.54 Å². The van der Waals surface area contributed by atoms with E-state index in [-0.39, 0.29) is 5.41 Å². The predicted octanol–water partition coefficient (Wildman–Crippen LogP) is 3.11. The molecule has 0 radical (unpaired) electrons. The molecule has 1 rings (SSSR count). The van der Waals surface area contributed by atoms with Crippen molar-refractivity contribution in [1.82, 2.24) is 10.3 Å². The highest BCUT2D eigenvalue weighted by Gasteiger charge is 2.17. The minimum absolute atomic E-state index is 0.171. The van der Waals surface area contributed by atoms with Gasteiger partial charge in [0.15, 0.2) is 0 Å². The third-order valence-corrected chi connectivity index (χ3v) is 3.34. The summed E-state index contributed by atoms with van der Waals surface area (Å²) in [5.74, 6) is 0. The summed E-state index contributed by atoms with van der Waals surface area (Å²) < 4.78 is 0. The predicted molar refractivity (Wildman–Crippen MR) is 67.3 cm³/mol. The van der Waals surface area contributed by atoms with E-state index >= 15 is 0 Å². The van der Waals surface area contributed by atoms with Crippen molar-refractivity contribution in [3.05, 3.63) is 28.7 Å². The Kier molecular flexibility index (Phi) is 4.48. The van der Waals surface area contributed by atoms with E-state index in [1.807, 2.05) is 6.08 Å². The molecule has 0 amide bonds. The molecule has 0 aliphatic heterocycles. The molecule has 1 N–H and O–H groups in total. The lowest BCUT2D eigenvalue weighted by Gasteiger charge is -2.13. The van der Waals surface area contributed by atoms with Gasteiger partial charge in [0.1, 0.15) is 0 Å². The molecule has 84 valence electrons. The monoisotopic (exact) mass is 224 g/mol.